The molecule has 0 bridgehead atoms. The van der Waals surface area contributed by atoms with E-state index in [1.807, 2.05) is 5.38 Å². The second-order valence-corrected chi connectivity index (χ2v) is 3.35. The highest BCUT2D eigenvalue weighted by Gasteiger charge is 2.09. The van der Waals surface area contributed by atoms with Gasteiger partial charge in [0.15, 0.2) is 5.13 Å². The molecule has 12 heavy (non-hydrogen) atoms. The highest BCUT2D eigenvalue weighted by atomic mass is 32.1. The fourth-order valence-electron chi connectivity index (χ4n) is 0.638. The van der Waals surface area contributed by atoms with Gasteiger partial charge in [0, 0.05) is 18.1 Å². The molecule has 1 rings (SSSR count). The Balaban J connectivity index is 2.31. The summed E-state index contributed by atoms with van der Waals surface area (Å²) >= 11 is 1.46. The SMILES string of the molecule is CC(CNc1nccs1)C(=O)O. The first-order valence-electron chi connectivity index (χ1n) is 3.56. The summed E-state index contributed by atoms with van der Waals surface area (Å²) in [5.41, 5.74) is 0. The molecule has 0 aliphatic carbocycles. The number of nitrogens with one attached hydrogen (secondary N) is 1. The molecule has 66 valence electrons. The number of carboxylic acid groups (broad SMARTS) is 1. The lowest BCUT2D eigenvalue weighted by molar-refractivity contribution is -0.140. The number of carbonyl (C=O) groups is 1. The first-order valence-corrected chi connectivity index (χ1v) is 4.44. The van der Waals surface area contributed by atoms with Crippen molar-refractivity contribution in [3.63, 3.8) is 0 Å². The minimum atomic E-state index is -0.793. The molecule has 0 amide bonds. The topological polar surface area (TPSA) is 62.2 Å². The Labute approximate surface area is 74.3 Å². The van der Waals surface area contributed by atoms with Crippen LogP contribution in [0.25, 0.3) is 0 Å². The number of anilines is 1. The van der Waals surface area contributed by atoms with E-state index in [1.54, 1.807) is 13.1 Å². The molecule has 1 aromatic heterocycles. The van der Waals surface area contributed by atoms with Gasteiger partial charge in [0.25, 0.3) is 0 Å². The molecule has 1 atom stereocenters. The second-order valence-electron chi connectivity index (χ2n) is 2.46. The number of thiazole rings is 1. The number of aromatic nitrogens is 1. The van der Waals surface area contributed by atoms with Crippen molar-refractivity contribution >= 4 is 22.4 Å². The van der Waals surface area contributed by atoms with Crippen molar-refractivity contribution in [3.8, 4) is 0 Å². The standard InChI is InChI=1S/C7H10N2O2S/c1-5(6(10)11)4-9-7-8-2-3-12-7/h2-3,5H,4H2,1H3,(H,8,9)(H,10,11). The summed E-state index contributed by atoms with van der Waals surface area (Å²) < 4.78 is 0. The number of hydrogen-bond donors (Lipinski definition) is 2. The van der Waals surface area contributed by atoms with Gasteiger partial charge in [0.1, 0.15) is 0 Å². The average molecular weight is 186 g/mol. The van der Waals surface area contributed by atoms with Gasteiger partial charge in [-0.05, 0) is 0 Å². The number of aliphatic carboxylic acids is 1. The van der Waals surface area contributed by atoms with Crippen molar-refractivity contribution in [2.45, 2.75) is 6.92 Å². The lowest BCUT2D eigenvalue weighted by Crippen LogP contribution is -2.19. The fourth-order valence-corrected chi connectivity index (χ4v) is 1.18. The van der Waals surface area contributed by atoms with Crippen molar-refractivity contribution in [1.82, 2.24) is 4.98 Å². The van der Waals surface area contributed by atoms with Crippen LogP contribution in [-0.2, 0) is 4.79 Å². The molecule has 0 saturated heterocycles. The molecular weight excluding hydrogens is 176 g/mol. The third-order valence-corrected chi connectivity index (χ3v) is 2.14. The molecule has 4 nitrogen and oxygen atoms in total. The quantitative estimate of drug-likeness (QED) is 0.743. The van der Waals surface area contributed by atoms with Gasteiger partial charge in [0.05, 0.1) is 5.92 Å². The van der Waals surface area contributed by atoms with Crippen LogP contribution in [0.15, 0.2) is 11.6 Å². The highest BCUT2D eigenvalue weighted by Crippen LogP contribution is 2.10. The van der Waals surface area contributed by atoms with E-state index in [1.165, 1.54) is 11.3 Å². The zero-order chi connectivity index (χ0) is 8.97. The van der Waals surface area contributed by atoms with Gasteiger partial charge >= 0.3 is 5.97 Å². The van der Waals surface area contributed by atoms with Crippen LogP contribution in [0.5, 0.6) is 0 Å². The van der Waals surface area contributed by atoms with Gasteiger partial charge in [-0.2, -0.15) is 0 Å². The average Bonchev–Trinajstić information content (AvgIpc) is 2.51. The van der Waals surface area contributed by atoms with Crippen LogP contribution < -0.4 is 5.32 Å². The van der Waals surface area contributed by atoms with Gasteiger partial charge in [0.2, 0.25) is 0 Å². The van der Waals surface area contributed by atoms with Crippen LogP contribution in [0.4, 0.5) is 5.13 Å². The van der Waals surface area contributed by atoms with E-state index in [-0.39, 0.29) is 5.92 Å². The number of rotatable bonds is 4. The maximum absolute atomic E-state index is 10.4. The Morgan fingerprint density at radius 3 is 3.17 bits per heavy atom. The normalized spacial score (nSPS) is 12.4. The van der Waals surface area contributed by atoms with Crippen LogP contribution in [0.1, 0.15) is 6.92 Å². The molecule has 0 saturated carbocycles. The highest BCUT2D eigenvalue weighted by molar-refractivity contribution is 7.13. The minimum Gasteiger partial charge on any atom is -0.481 e. The molecule has 0 aromatic carbocycles. The van der Waals surface area contributed by atoms with E-state index in [2.05, 4.69) is 10.3 Å². The molecule has 0 fully saturated rings. The summed E-state index contributed by atoms with van der Waals surface area (Å²) in [5.74, 6) is -1.17. The van der Waals surface area contributed by atoms with Crippen molar-refractivity contribution in [3.05, 3.63) is 11.6 Å². The predicted molar refractivity (Wildman–Crippen MR) is 47.4 cm³/mol. The minimum absolute atomic E-state index is 0.381. The van der Waals surface area contributed by atoms with Crippen LogP contribution >= 0.6 is 11.3 Å². The van der Waals surface area contributed by atoms with Gasteiger partial charge < -0.3 is 10.4 Å². The van der Waals surface area contributed by atoms with Crippen LogP contribution in [-0.4, -0.2) is 22.6 Å². The fraction of sp³-hybridized carbons (Fsp3) is 0.429. The third kappa shape index (κ3) is 2.50. The van der Waals surface area contributed by atoms with E-state index in [4.69, 9.17) is 5.11 Å². The Morgan fingerprint density at radius 2 is 2.67 bits per heavy atom. The van der Waals surface area contributed by atoms with E-state index in [9.17, 15) is 4.79 Å². The van der Waals surface area contributed by atoms with Crippen molar-refractivity contribution < 1.29 is 9.90 Å². The summed E-state index contributed by atoms with van der Waals surface area (Å²) in [6, 6.07) is 0. The molecule has 5 heteroatoms. The smallest absolute Gasteiger partial charge is 0.308 e. The number of hydrogen-bond acceptors (Lipinski definition) is 4. The first kappa shape index (κ1) is 8.99. The molecule has 1 aromatic rings. The van der Waals surface area contributed by atoms with E-state index >= 15 is 0 Å². The Kier molecular flexibility index (Phi) is 3.04. The predicted octanol–water partition coefficient (Wildman–Crippen LogP) is 1.28. The lowest BCUT2D eigenvalue weighted by Gasteiger charge is -2.05. The maximum atomic E-state index is 10.4. The summed E-state index contributed by atoms with van der Waals surface area (Å²) in [4.78, 5) is 14.4. The summed E-state index contributed by atoms with van der Waals surface area (Å²) in [6.45, 7) is 2.08. The van der Waals surface area contributed by atoms with Crippen molar-refractivity contribution in [2.24, 2.45) is 5.92 Å². The first-order chi connectivity index (χ1) is 5.70. The molecule has 1 heterocycles. The van der Waals surface area contributed by atoms with Gasteiger partial charge in [-0.15, -0.1) is 11.3 Å². The molecule has 0 spiro atoms. The van der Waals surface area contributed by atoms with E-state index in [0.29, 0.717) is 6.54 Å². The number of nitrogens with zero attached hydrogens (tertiary/aromatic N) is 1. The molecule has 0 aliphatic heterocycles. The van der Waals surface area contributed by atoms with Crippen LogP contribution in [0, 0.1) is 5.92 Å². The van der Waals surface area contributed by atoms with Crippen LogP contribution in [0.2, 0.25) is 0 Å². The van der Waals surface area contributed by atoms with Crippen molar-refractivity contribution in [2.75, 3.05) is 11.9 Å². The van der Waals surface area contributed by atoms with E-state index < -0.39 is 5.97 Å². The largest absolute Gasteiger partial charge is 0.481 e. The van der Waals surface area contributed by atoms with E-state index in [0.717, 1.165) is 5.13 Å². The summed E-state index contributed by atoms with van der Waals surface area (Å²) in [5, 5.41) is 14.1. The maximum Gasteiger partial charge on any atom is 0.308 e. The zero-order valence-electron chi connectivity index (χ0n) is 6.65. The zero-order valence-corrected chi connectivity index (χ0v) is 7.47. The molecule has 0 aliphatic rings. The number of carboxylic acids is 1. The summed E-state index contributed by atoms with van der Waals surface area (Å²) in [6.07, 6.45) is 1.68. The van der Waals surface area contributed by atoms with Gasteiger partial charge in [-0.3, -0.25) is 4.79 Å². The lowest BCUT2D eigenvalue weighted by atomic mass is 10.2. The van der Waals surface area contributed by atoms with Gasteiger partial charge in [-0.25, -0.2) is 4.98 Å². The van der Waals surface area contributed by atoms with Crippen molar-refractivity contribution in [1.29, 1.82) is 0 Å². The Hall–Kier alpha value is -1.10. The molecule has 0 radical (unpaired) electrons. The van der Waals surface area contributed by atoms with Crippen LogP contribution in [0.3, 0.4) is 0 Å². The Morgan fingerprint density at radius 1 is 1.92 bits per heavy atom. The molecule has 2 N–H and O–H groups in total. The summed E-state index contributed by atoms with van der Waals surface area (Å²) in [7, 11) is 0. The molecular formula is C7H10N2O2S. The monoisotopic (exact) mass is 186 g/mol. The van der Waals surface area contributed by atoms with Gasteiger partial charge in [-0.1, -0.05) is 6.92 Å². The molecule has 1 unspecified atom stereocenters. The third-order valence-electron chi connectivity index (χ3n) is 1.41. The second kappa shape index (κ2) is 4.06. The Bertz CT molecular complexity index is 248.